The van der Waals surface area contributed by atoms with Crippen LogP contribution in [0.2, 0.25) is 19.6 Å². The molecular weight excluding hydrogens is 377 g/mol. The lowest BCUT2D eigenvalue weighted by molar-refractivity contribution is -0.137. The van der Waals surface area contributed by atoms with Gasteiger partial charge in [0.2, 0.25) is 0 Å². The van der Waals surface area contributed by atoms with Gasteiger partial charge in [-0.25, -0.2) is 4.98 Å². The summed E-state index contributed by atoms with van der Waals surface area (Å²) in [4.78, 5) is 4.59. The summed E-state index contributed by atoms with van der Waals surface area (Å²) in [5.41, 5.74) is 7.26. The largest absolute Gasteiger partial charge is 0.416 e. The summed E-state index contributed by atoms with van der Waals surface area (Å²) >= 11 is 0. The maximum atomic E-state index is 12.9. The third-order valence-electron chi connectivity index (χ3n) is 4.76. The van der Waals surface area contributed by atoms with Gasteiger partial charge < -0.3 is 0 Å². The Kier molecular flexibility index (Phi) is 4.39. The number of aromatic nitrogens is 2. The molecule has 0 radical (unpaired) electrons. The molecule has 4 rings (SSSR count). The van der Waals surface area contributed by atoms with E-state index in [1.54, 1.807) is 6.20 Å². The molecule has 0 amide bonds. The van der Waals surface area contributed by atoms with Crippen molar-refractivity contribution in [2.45, 2.75) is 44.6 Å². The molecule has 1 saturated carbocycles. The van der Waals surface area contributed by atoms with E-state index in [1.807, 2.05) is 10.6 Å². The normalized spacial score (nSPS) is 14.8. The maximum Gasteiger partial charge on any atom is 0.416 e. The molecular formula is C22H21F3N2Si. The van der Waals surface area contributed by atoms with Gasteiger partial charge in [-0.1, -0.05) is 37.7 Å². The Morgan fingerprint density at radius 2 is 1.75 bits per heavy atom. The predicted octanol–water partition coefficient (Wildman–Crippen LogP) is 6.13. The van der Waals surface area contributed by atoms with Gasteiger partial charge in [0.25, 0.3) is 0 Å². The zero-order valence-electron chi connectivity index (χ0n) is 16.1. The Morgan fingerprint density at radius 3 is 2.32 bits per heavy atom. The molecule has 28 heavy (non-hydrogen) atoms. The topological polar surface area (TPSA) is 17.3 Å². The lowest BCUT2D eigenvalue weighted by Gasteiger charge is -2.11. The monoisotopic (exact) mass is 398 g/mol. The predicted molar refractivity (Wildman–Crippen MR) is 108 cm³/mol. The second-order valence-corrected chi connectivity index (χ2v) is 13.1. The Hall–Kier alpha value is -2.52. The molecule has 0 N–H and O–H groups in total. The van der Waals surface area contributed by atoms with Gasteiger partial charge >= 0.3 is 6.18 Å². The molecule has 144 valence electrons. The van der Waals surface area contributed by atoms with E-state index in [1.165, 1.54) is 12.1 Å². The number of hydrogen-bond donors (Lipinski definition) is 0. The third kappa shape index (κ3) is 3.85. The summed E-state index contributed by atoms with van der Waals surface area (Å²) in [7, 11) is -1.53. The molecule has 1 aliphatic carbocycles. The van der Waals surface area contributed by atoms with Gasteiger partial charge in [0.1, 0.15) is 19.4 Å². The number of rotatable bonds is 2. The summed E-state index contributed by atoms with van der Waals surface area (Å²) in [6.45, 7) is 6.56. The fraction of sp³-hybridized carbons (Fsp3) is 0.318. The van der Waals surface area contributed by atoms with E-state index in [4.69, 9.17) is 0 Å². The highest BCUT2D eigenvalue weighted by Crippen LogP contribution is 2.43. The van der Waals surface area contributed by atoms with E-state index in [9.17, 15) is 13.2 Å². The Balaban J connectivity index is 1.83. The first-order valence-electron chi connectivity index (χ1n) is 9.34. The van der Waals surface area contributed by atoms with Crippen molar-refractivity contribution in [1.82, 2.24) is 9.38 Å². The Labute approximate surface area is 163 Å². The zero-order valence-corrected chi connectivity index (χ0v) is 17.1. The van der Waals surface area contributed by atoms with Crippen LogP contribution < -0.4 is 0 Å². The fourth-order valence-corrected chi connectivity index (χ4v) is 3.66. The quantitative estimate of drug-likeness (QED) is 0.375. The number of pyridine rings is 1. The van der Waals surface area contributed by atoms with Crippen molar-refractivity contribution in [3.63, 3.8) is 0 Å². The van der Waals surface area contributed by atoms with Crippen molar-refractivity contribution in [3.8, 4) is 22.6 Å². The Bertz CT molecular complexity index is 1090. The lowest BCUT2D eigenvalue weighted by Crippen LogP contribution is -2.16. The Morgan fingerprint density at radius 1 is 1.07 bits per heavy atom. The van der Waals surface area contributed by atoms with Crippen LogP contribution in [0.4, 0.5) is 13.2 Å². The second kappa shape index (κ2) is 6.52. The average Bonchev–Trinajstić information content (AvgIpc) is 3.38. The molecule has 0 unspecified atom stereocenters. The van der Waals surface area contributed by atoms with E-state index < -0.39 is 19.8 Å². The van der Waals surface area contributed by atoms with E-state index in [-0.39, 0.29) is 0 Å². The summed E-state index contributed by atoms with van der Waals surface area (Å²) in [6.07, 6.45) is 1.64. The number of hydrogen-bond acceptors (Lipinski definition) is 1. The van der Waals surface area contributed by atoms with Crippen LogP contribution in [0.5, 0.6) is 0 Å². The van der Waals surface area contributed by atoms with E-state index in [2.05, 4.69) is 42.2 Å². The van der Waals surface area contributed by atoms with Gasteiger partial charge in [0.05, 0.1) is 11.8 Å². The number of fused-ring (bicyclic) bond motifs is 1. The van der Waals surface area contributed by atoms with Gasteiger partial charge in [-0.15, -0.1) is 5.54 Å². The standard InChI is InChI=1S/C22H21F3N2Si/c1-28(2,3)11-10-19-13-26-21-20(16-4-5-16)12-17(14-27(19)21)15-6-8-18(9-7-15)22(23,24)25/h6-9,12-14,16H,4-5H2,1-3H3. The first kappa shape index (κ1) is 18.8. The second-order valence-electron chi connectivity index (χ2n) is 8.37. The van der Waals surface area contributed by atoms with Crippen LogP contribution >= 0.6 is 0 Å². The molecule has 1 fully saturated rings. The van der Waals surface area contributed by atoms with E-state index >= 15 is 0 Å². The van der Waals surface area contributed by atoms with Crippen molar-refractivity contribution < 1.29 is 13.2 Å². The van der Waals surface area contributed by atoms with Gasteiger partial charge in [-0.3, -0.25) is 4.40 Å². The summed E-state index contributed by atoms with van der Waals surface area (Å²) in [6, 6.07) is 7.40. The van der Waals surface area contributed by atoms with Crippen molar-refractivity contribution in [3.05, 3.63) is 59.5 Å². The average molecular weight is 399 g/mol. The molecule has 2 aromatic heterocycles. The van der Waals surface area contributed by atoms with Crippen LogP contribution in [0.15, 0.2) is 42.7 Å². The fourth-order valence-electron chi connectivity index (χ4n) is 3.16. The molecule has 6 heteroatoms. The molecule has 0 aliphatic heterocycles. The van der Waals surface area contributed by atoms with Gasteiger partial charge in [0.15, 0.2) is 0 Å². The van der Waals surface area contributed by atoms with Crippen LogP contribution in [0.1, 0.15) is 35.6 Å². The highest BCUT2D eigenvalue weighted by Gasteiger charge is 2.30. The number of halogens is 3. The summed E-state index contributed by atoms with van der Waals surface area (Å²) in [5.74, 6) is 3.73. The molecule has 2 heterocycles. The number of alkyl halides is 3. The number of imidazole rings is 1. The van der Waals surface area contributed by atoms with Crippen LogP contribution in [0, 0.1) is 11.5 Å². The summed E-state index contributed by atoms with van der Waals surface area (Å²) in [5, 5.41) is 0. The SMILES string of the molecule is C[Si](C)(C)C#Cc1cnc2c(C3CC3)cc(-c3ccc(C(F)(F)F)cc3)cn12. The minimum absolute atomic E-state index is 0.470. The van der Waals surface area contributed by atoms with Crippen molar-refractivity contribution in [1.29, 1.82) is 0 Å². The minimum atomic E-state index is -4.33. The number of benzene rings is 1. The maximum absolute atomic E-state index is 12.9. The molecule has 0 spiro atoms. The molecule has 1 aliphatic rings. The van der Waals surface area contributed by atoms with E-state index in [0.717, 1.165) is 53.0 Å². The van der Waals surface area contributed by atoms with E-state index in [0.29, 0.717) is 5.92 Å². The summed E-state index contributed by atoms with van der Waals surface area (Å²) < 4.78 is 40.6. The van der Waals surface area contributed by atoms with Crippen LogP contribution in [-0.2, 0) is 6.18 Å². The number of nitrogens with zero attached hydrogens (tertiary/aromatic N) is 2. The lowest BCUT2D eigenvalue weighted by atomic mass is 10.0. The zero-order chi connectivity index (χ0) is 20.1. The molecule has 2 nitrogen and oxygen atoms in total. The van der Waals surface area contributed by atoms with Crippen molar-refractivity contribution in [2.24, 2.45) is 0 Å². The van der Waals surface area contributed by atoms with Crippen molar-refractivity contribution >= 4 is 13.7 Å². The van der Waals surface area contributed by atoms with Crippen LogP contribution in [-0.4, -0.2) is 17.5 Å². The molecule has 3 aromatic rings. The van der Waals surface area contributed by atoms with Gasteiger partial charge in [-0.05, 0) is 53.6 Å². The van der Waals surface area contributed by atoms with Crippen LogP contribution in [0.25, 0.3) is 16.8 Å². The molecule has 0 atom stereocenters. The van der Waals surface area contributed by atoms with Gasteiger partial charge in [-0.2, -0.15) is 13.2 Å². The first-order chi connectivity index (χ1) is 13.1. The molecule has 0 saturated heterocycles. The van der Waals surface area contributed by atoms with Crippen molar-refractivity contribution in [2.75, 3.05) is 0 Å². The van der Waals surface area contributed by atoms with Crippen LogP contribution in [0.3, 0.4) is 0 Å². The highest BCUT2D eigenvalue weighted by molar-refractivity contribution is 6.83. The third-order valence-corrected chi connectivity index (χ3v) is 5.64. The molecule has 0 bridgehead atoms. The first-order valence-corrected chi connectivity index (χ1v) is 12.8. The van der Waals surface area contributed by atoms with Gasteiger partial charge in [0, 0.05) is 6.20 Å². The molecule has 1 aromatic carbocycles. The smallest absolute Gasteiger partial charge is 0.292 e. The highest BCUT2D eigenvalue weighted by atomic mass is 28.3. The minimum Gasteiger partial charge on any atom is -0.292 e.